The molecule has 0 radical (unpaired) electrons. The third kappa shape index (κ3) is 2.55. The summed E-state index contributed by atoms with van der Waals surface area (Å²) in [5.74, 6) is 0.0422. The molecule has 0 bridgehead atoms. The molecule has 9 nitrogen and oxygen atoms in total. The number of hydrogen-bond donors (Lipinski definition) is 4. The smallest absolute Gasteiger partial charge is 0.323 e. The summed E-state index contributed by atoms with van der Waals surface area (Å²) in [6, 6.07) is 0.215. The van der Waals surface area contributed by atoms with Crippen molar-refractivity contribution in [3.05, 3.63) is 5.82 Å². The molecule has 1 fully saturated rings. The molecule has 1 aliphatic rings. The van der Waals surface area contributed by atoms with E-state index >= 15 is 0 Å². The summed E-state index contributed by atoms with van der Waals surface area (Å²) in [6.07, 6.45) is -6.35. The number of aliphatic hydroxyl groups excluding tert-OH is 4. The maximum Gasteiger partial charge on any atom is 0.323 e. The zero-order chi connectivity index (χ0) is 14.2. The van der Waals surface area contributed by atoms with Crippen LogP contribution < -0.4 is 4.90 Å². The third-order valence-electron chi connectivity index (χ3n) is 2.96. The van der Waals surface area contributed by atoms with Crippen molar-refractivity contribution in [1.82, 2.24) is 10.1 Å². The molecule has 2 rings (SSSR count). The molecule has 0 spiro atoms. The summed E-state index contributed by atoms with van der Waals surface area (Å²) in [6.45, 7) is -0.500. The molecule has 2 heterocycles. The summed E-state index contributed by atoms with van der Waals surface area (Å²) in [5, 5.41) is 41.9. The van der Waals surface area contributed by atoms with Gasteiger partial charge in [0.05, 0.1) is 6.61 Å². The van der Waals surface area contributed by atoms with E-state index < -0.39 is 37.1 Å². The topological polar surface area (TPSA) is 132 Å². The molecular weight excluding hydrogens is 258 g/mol. The number of anilines is 1. The summed E-state index contributed by atoms with van der Waals surface area (Å²) < 4.78 is 10.2. The number of aliphatic hydroxyl groups is 4. The Kier molecular flexibility index (Phi) is 4.02. The van der Waals surface area contributed by atoms with Crippen molar-refractivity contribution in [2.45, 2.75) is 30.5 Å². The van der Waals surface area contributed by atoms with E-state index in [0.29, 0.717) is 0 Å². The van der Waals surface area contributed by atoms with Gasteiger partial charge in [-0.05, 0) is 0 Å². The van der Waals surface area contributed by atoms with E-state index in [2.05, 4.69) is 10.1 Å². The summed E-state index contributed by atoms with van der Waals surface area (Å²) in [4.78, 5) is 5.57. The van der Waals surface area contributed by atoms with Gasteiger partial charge in [0.25, 0.3) is 0 Å². The molecule has 0 aliphatic carbocycles. The van der Waals surface area contributed by atoms with Crippen LogP contribution in [0.2, 0.25) is 0 Å². The number of nitrogens with zero attached hydrogens (tertiary/aromatic N) is 3. The van der Waals surface area contributed by atoms with E-state index in [1.54, 1.807) is 19.0 Å². The minimum Gasteiger partial charge on any atom is -0.394 e. The van der Waals surface area contributed by atoms with Crippen molar-refractivity contribution in [3.8, 4) is 0 Å². The first kappa shape index (κ1) is 14.2. The zero-order valence-electron chi connectivity index (χ0n) is 10.5. The first-order valence-electron chi connectivity index (χ1n) is 5.77. The fourth-order valence-electron chi connectivity index (χ4n) is 1.84. The van der Waals surface area contributed by atoms with E-state index in [1.807, 2.05) is 0 Å². The highest BCUT2D eigenvalue weighted by Gasteiger charge is 2.45. The van der Waals surface area contributed by atoms with E-state index in [0.717, 1.165) is 0 Å². The second-order valence-corrected chi connectivity index (χ2v) is 4.58. The first-order chi connectivity index (χ1) is 8.95. The Hall–Kier alpha value is -1.26. The molecule has 108 valence electrons. The van der Waals surface area contributed by atoms with Gasteiger partial charge < -0.3 is 34.6 Å². The van der Waals surface area contributed by atoms with Gasteiger partial charge in [-0.3, -0.25) is 0 Å². The van der Waals surface area contributed by atoms with Crippen molar-refractivity contribution in [2.24, 2.45) is 0 Å². The van der Waals surface area contributed by atoms with Crippen molar-refractivity contribution in [1.29, 1.82) is 0 Å². The average molecular weight is 275 g/mol. The SMILES string of the molecule is CN(C)c1nc([C@@H]2O[C@H](CO)[C@@H](O)[C@H](O)[C@H]2O)no1. The van der Waals surface area contributed by atoms with Crippen LogP contribution in [0.15, 0.2) is 4.52 Å². The Labute approximate surface area is 109 Å². The number of aromatic nitrogens is 2. The lowest BCUT2D eigenvalue weighted by Crippen LogP contribution is -2.55. The van der Waals surface area contributed by atoms with Gasteiger partial charge in [0.15, 0.2) is 0 Å². The molecule has 0 amide bonds. The standard InChI is InChI=1S/C10H17N3O6/c1-13(2)10-11-9(12-19-10)8-7(17)6(16)5(15)4(3-14)18-8/h4-8,14-17H,3H2,1-2H3/t4-,5-,6+,7-,8-/m1/s1. The normalized spacial score (nSPS) is 35.4. The quantitative estimate of drug-likeness (QED) is 0.478. The monoisotopic (exact) mass is 275 g/mol. The van der Waals surface area contributed by atoms with Gasteiger partial charge in [0.2, 0.25) is 5.82 Å². The molecular formula is C10H17N3O6. The van der Waals surface area contributed by atoms with Gasteiger partial charge in [-0.2, -0.15) is 4.98 Å². The zero-order valence-corrected chi connectivity index (χ0v) is 10.5. The lowest BCUT2D eigenvalue weighted by molar-refractivity contribution is -0.233. The lowest BCUT2D eigenvalue weighted by atomic mass is 9.95. The molecule has 19 heavy (non-hydrogen) atoms. The maximum absolute atomic E-state index is 9.87. The summed E-state index contributed by atoms with van der Waals surface area (Å²) in [7, 11) is 3.40. The first-order valence-corrected chi connectivity index (χ1v) is 5.77. The Morgan fingerprint density at radius 2 is 1.84 bits per heavy atom. The molecule has 1 aromatic heterocycles. The van der Waals surface area contributed by atoms with Crippen LogP contribution >= 0.6 is 0 Å². The van der Waals surface area contributed by atoms with Gasteiger partial charge >= 0.3 is 6.01 Å². The molecule has 1 aliphatic heterocycles. The van der Waals surface area contributed by atoms with Crippen LogP contribution in [0.1, 0.15) is 11.9 Å². The fraction of sp³-hybridized carbons (Fsp3) is 0.800. The minimum atomic E-state index is -1.46. The molecule has 4 N–H and O–H groups in total. The third-order valence-corrected chi connectivity index (χ3v) is 2.96. The molecule has 1 saturated heterocycles. The van der Waals surface area contributed by atoms with E-state index in [9.17, 15) is 15.3 Å². The second-order valence-electron chi connectivity index (χ2n) is 4.58. The Bertz CT molecular complexity index is 423. The predicted octanol–water partition coefficient (Wildman–Crippen LogP) is -2.35. The van der Waals surface area contributed by atoms with Gasteiger partial charge in [0, 0.05) is 14.1 Å². The lowest BCUT2D eigenvalue weighted by Gasteiger charge is -2.38. The van der Waals surface area contributed by atoms with Gasteiger partial charge in [-0.25, -0.2) is 0 Å². The van der Waals surface area contributed by atoms with E-state index in [1.165, 1.54) is 0 Å². The highest BCUT2D eigenvalue weighted by atomic mass is 16.6. The summed E-state index contributed by atoms with van der Waals surface area (Å²) >= 11 is 0. The van der Waals surface area contributed by atoms with Crippen molar-refractivity contribution in [2.75, 3.05) is 25.6 Å². The van der Waals surface area contributed by atoms with E-state index in [4.69, 9.17) is 14.4 Å². The van der Waals surface area contributed by atoms with Crippen molar-refractivity contribution < 1.29 is 29.7 Å². The molecule has 1 aromatic rings. The second kappa shape index (κ2) is 5.39. The molecule has 0 unspecified atom stereocenters. The minimum absolute atomic E-state index is 0.0422. The van der Waals surface area contributed by atoms with Gasteiger partial charge in [-0.15, -0.1) is 0 Å². The van der Waals surface area contributed by atoms with Gasteiger partial charge in [-0.1, -0.05) is 5.16 Å². The van der Waals surface area contributed by atoms with Crippen LogP contribution in [0.25, 0.3) is 0 Å². The Morgan fingerprint density at radius 3 is 2.37 bits per heavy atom. The van der Waals surface area contributed by atoms with Crippen LogP contribution in [-0.4, -0.2) is 75.7 Å². The number of hydrogen-bond acceptors (Lipinski definition) is 9. The van der Waals surface area contributed by atoms with Crippen molar-refractivity contribution in [3.63, 3.8) is 0 Å². The molecule has 5 atom stereocenters. The maximum atomic E-state index is 9.87. The molecule has 0 saturated carbocycles. The van der Waals surface area contributed by atoms with Crippen LogP contribution in [0.4, 0.5) is 6.01 Å². The van der Waals surface area contributed by atoms with Gasteiger partial charge in [0.1, 0.15) is 30.5 Å². The highest BCUT2D eigenvalue weighted by Crippen LogP contribution is 2.31. The largest absolute Gasteiger partial charge is 0.394 e. The molecule has 9 heteroatoms. The van der Waals surface area contributed by atoms with Crippen LogP contribution in [-0.2, 0) is 4.74 Å². The summed E-state index contributed by atoms with van der Waals surface area (Å²) in [5.41, 5.74) is 0. The van der Waals surface area contributed by atoms with Crippen molar-refractivity contribution >= 4 is 6.01 Å². The van der Waals surface area contributed by atoms with Crippen LogP contribution in [0.3, 0.4) is 0 Å². The molecule has 0 aromatic carbocycles. The Balaban J connectivity index is 2.22. The number of rotatable bonds is 3. The fourth-order valence-corrected chi connectivity index (χ4v) is 1.84. The number of ether oxygens (including phenoxy) is 1. The highest BCUT2D eigenvalue weighted by molar-refractivity contribution is 5.21. The van der Waals surface area contributed by atoms with Crippen LogP contribution in [0.5, 0.6) is 0 Å². The average Bonchev–Trinajstić information content (AvgIpc) is 2.86. The predicted molar refractivity (Wildman–Crippen MR) is 61.3 cm³/mol. The van der Waals surface area contributed by atoms with Crippen LogP contribution in [0, 0.1) is 0 Å². The van der Waals surface area contributed by atoms with E-state index in [-0.39, 0.29) is 11.8 Å². The Morgan fingerprint density at radius 1 is 1.16 bits per heavy atom.